The fourth-order valence-electron chi connectivity index (χ4n) is 1.21. The van der Waals surface area contributed by atoms with Gasteiger partial charge in [-0.2, -0.15) is 0 Å². The molecule has 2 aromatic rings. The molecule has 0 unspecified atom stereocenters. The minimum absolute atomic E-state index is 0.0180. The number of hydrogen-bond donors (Lipinski definition) is 6. The van der Waals surface area contributed by atoms with E-state index in [-0.39, 0.29) is 4.73 Å². The average molecular weight is 202 g/mol. The molecule has 0 fully saturated rings. The van der Waals surface area contributed by atoms with Gasteiger partial charge in [0.1, 0.15) is 0 Å². The van der Waals surface area contributed by atoms with E-state index >= 15 is 0 Å². The molecule has 0 radical (unpaired) electrons. The van der Waals surface area contributed by atoms with Crippen LogP contribution in [0.1, 0.15) is 0 Å². The average Bonchev–Trinajstić information content (AvgIpc) is 2.51. The van der Waals surface area contributed by atoms with Gasteiger partial charge >= 0.3 is 0 Å². The first-order chi connectivity index (χ1) is 6.46. The lowest BCUT2D eigenvalue weighted by Gasteiger charge is -1.93. The van der Waals surface area contributed by atoms with E-state index in [2.05, 4.69) is 0 Å². The van der Waals surface area contributed by atoms with Gasteiger partial charge in [-0.3, -0.25) is 0 Å². The molecule has 76 valence electrons. The highest BCUT2D eigenvalue weighted by Crippen LogP contribution is 2.46. The van der Waals surface area contributed by atoms with E-state index in [9.17, 15) is 0 Å². The van der Waals surface area contributed by atoms with E-state index in [0.29, 0.717) is 4.40 Å². The number of rotatable bonds is 0. The molecule has 0 aliphatic carbocycles. The van der Waals surface area contributed by atoms with Gasteiger partial charge in [-0.1, -0.05) is 0 Å². The monoisotopic (exact) mass is 202 g/mol. The van der Waals surface area contributed by atoms with Crippen LogP contribution < -0.4 is 0 Å². The minimum atomic E-state index is -0.967. The van der Waals surface area contributed by atoms with Crippen LogP contribution >= 0.6 is 0 Å². The summed E-state index contributed by atoms with van der Waals surface area (Å²) >= 11 is 0. The predicted octanol–water partition coefficient (Wildman–Crippen LogP) is -0.494. The summed E-state index contributed by atoms with van der Waals surface area (Å²) in [6.07, 6.45) is 0. The molecule has 0 amide bonds. The predicted molar refractivity (Wildman–Crippen MR) is 40.9 cm³/mol. The van der Waals surface area contributed by atoms with Gasteiger partial charge in [0.2, 0.25) is 23.0 Å². The van der Waals surface area contributed by atoms with Crippen molar-refractivity contribution in [1.82, 2.24) is 9.13 Å². The van der Waals surface area contributed by atoms with Crippen molar-refractivity contribution in [2.75, 3.05) is 0 Å². The fourth-order valence-corrected chi connectivity index (χ4v) is 1.21. The van der Waals surface area contributed by atoms with E-state index in [1.165, 1.54) is 0 Å². The molecule has 6 N–H and O–H groups in total. The maximum absolute atomic E-state index is 9.16. The van der Waals surface area contributed by atoms with Crippen LogP contribution in [-0.4, -0.2) is 39.9 Å². The molecule has 2 heterocycles. The maximum Gasteiger partial charge on any atom is 0.289 e. The van der Waals surface area contributed by atoms with E-state index in [1.54, 1.807) is 0 Å². The first kappa shape index (κ1) is 8.23. The molecule has 2 aromatic heterocycles. The van der Waals surface area contributed by atoms with Crippen LogP contribution in [0, 0.1) is 0 Å². The number of aromatic hydroxyl groups is 5. The number of nitrogens with zero attached hydrogens (tertiary/aromatic N) is 2. The van der Waals surface area contributed by atoms with Crippen LogP contribution in [0.4, 0.5) is 0 Å². The Balaban J connectivity index is 3.08. The first-order valence-electron chi connectivity index (χ1n) is 3.44. The number of hydrogen-bond acceptors (Lipinski definition) is 6. The van der Waals surface area contributed by atoms with Gasteiger partial charge in [-0.05, 0) is 0 Å². The second-order valence-electron chi connectivity index (χ2n) is 2.64. The molecule has 0 saturated heterocycles. The fraction of sp³-hybridized carbons (Fsp3) is 0. The normalized spacial score (nSPS) is 11.1. The highest BCUT2D eigenvalue weighted by Gasteiger charge is 2.27. The van der Waals surface area contributed by atoms with Crippen LogP contribution in [0.15, 0.2) is 0 Å². The number of imidazole rings is 1. The lowest BCUT2D eigenvalue weighted by atomic mass is 10.5. The molecule has 0 atom stereocenters. The molecule has 14 heavy (non-hydrogen) atoms. The quantitative estimate of drug-likeness (QED) is 0.319. The molecule has 0 aliphatic heterocycles. The number of aromatic nitrogens is 2. The summed E-state index contributed by atoms with van der Waals surface area (Å²) in [5, 5.41) is 54.6. The van der Waals surface area contributed by atoms with Gasteiger partial charge in [-0.25, -0.2) is 4.40 Å². The Morgan fingerprint density at radius 1 is 0.714 bits per heavy atom. The van der Waals surface area contributed by atoms with Crippen molar-refractivity contribution in [3.8, 4) is 29.1 Å². The maximum atomic E-state index is 9.16. The molecule has 8 heteroatoms. The summed E-state index contributed by atoms with van der Waals surface area (Å²) in [5.41, 5.74) is -0.546. The third-order valence-corrected chi connectivity index (χ3v) is 1.88. The van der Waals surface area contributed by atoms with Gasteiger partial charge in [-0.15, -0.1) is 4.73 Å². The zero-order valence-electron chi connectivity index (χ0n) is 6.58. The highest BCUT2D eigenvalue weighted by molar-refractivity contribution is 5.71. The zero-order valence-corrected chi connectivity index (χ0v) is 6.58. The molecule has 0 aliphatic rings. The molecule has 0 aromatic carbocycles. The molecular weight excluding hydrogens is 196 g/mol. The van der Waals surface area contributed by atoms with Gasteiger partial charge in [0.15, 0.2) is 0 Å². The lowest BCUT2D eigenvalue weighted by molar-refractivity contribution is 0.162. The van der Waals surface area contributed by atoms with Gasteiger partial charge in [0.05, 0.1) is 0 Å². The molecular formula is C6H6N2O6. The highest BCUT2D eigenvalue weighted by atomic mass is 16.5. The van der Waals surface area contributed by atoms with Crippen molar-refractivity contribution in [2.24, 2.45) is 0 Å². The van der Waals surface area contributed by atoms with Crippen molar-refractivity contribution in [3.63, 3.8) is 0 Å². The Hall–Kier alpha value is -2.38. The van der Waals surface area contributed by atoms with Crippen molar-refractivity contribution >= 4 is 5.65 Å². The van der Waals surface area contributed by atoms with Crippen molar-refractivity contribution < 1.29 is 30.7 Å². The van der Waals surface area contributed by atoms with Crippen LogP contribution in [-0.2, 0) is 0 Å². The third-order valence-electron chi connectivity index (χ3n) is 1.88. The Kier molecular flexibility index (Phi) is 1.24. The van der Waals surface area contributed by atoms with Gasteiger partial charge < -0.3 is 30.7 Å². The SMILES string of the molecule is Oc1c(O)c2n(O)c(O)c(O)n2c1O. The minimum Gasteiger partial charge on any atom is -0.502 e. The summed E-state index contributed by atoms with van der Waals surface area (Å²) in [6, 6.07) is 0. The standard InChI is InChI=1S/C6H6N2O6/c9-1-2(10)4(11)7-3(1)8(14)6(13)5(7)12/h9-14H. The molecule has 0 bridgehead atoms. The zero-order chi connectivity index (χ0) is 10.6. The second-order valence-corrected chi connectivity index (χ2v) is 2.64. The van der Waals surface area contributed by atoms with Crippen molar-refractivity contribution in [1.29, 1.82) is 0 Å². The smallest absolute Gasteiger partial charge is 0.289 e. The molecule has 0 saturated carbocycles. The van der Waals surface area contributed by atoms with Crippen molar-refractivity contribution in [3.05, 3.63) is 0 Å². The number of fused-ring (bicyclic) bond motifs is 1. The van der Waals surface area contributed by atoms with Crippen LogP contribution in [0.5, 0.6) is 29.1 Å². The topological polar surface area (TPSA) is 131 Å². The van der Waals surface area contributed by atoms with E-state index < -0.39 is 34.8 Å². The first-order valence-corrected chi connectivity index (χ1v) is 3.44. The third kappa shape index (κ3) is 0.632. The second kappa shape index (κ2) is 2.10. The largest absolute Gasteiger partial charge is 0.502 e. The van der Waals surface area contributed by atoms with Gasteiger partial charge in [0.25, 0.3) is 11.8 Å². The van der Waals surface area contributed by atoms with Crippen LogP contribution in [0.25, 0.3) is 5.65 Å². The van der Waals surface area contributed by atoms with Gasteiger partial charge in [0, 0.05) is 0 Å². The van der Waals surface area contributed by atoms with E-state index in [4.69, 9.17) is 30.7 Å². The van der Waals surface area contributed by atoms with Crippen LogP contribution in [0.2, 0.25) is 0 Å². The summed E-state index contributed by atoms with van der Waals surface area (Å²) in [5.74, 6) is -4.53. The summed E-state index contributed by atoms with van der Waals surface area (Å²) in [6.45, 7) is 0. The summed E-state index contributed by atoms with van der Waals surface area (Å²) in [4.78, 5) is 0. The summed E-state index contributed by atoms with van der Waals surface area (Å²) in [7, 11) is 0. The Labute approximate surface area is 75.7 Å². The van der Waals surface area contributed by atoms with Crippen LogP contribution in [0.3, 0.4) is 0 Å². The molecule has 8 nitrogen and oxygen atoms in total. The lowest BCUT2D eigenvalue weighted by Crippen LogP contribution is -1.87. The van der Waals surface area contributed by atoms with E-state index in [0.717, 1.165) is 0 Å². The Morgan fingerprint density at radius 3 is 1.79 bits per heavy atom. The Bertz CT molecular complexity index is 437. The van der Waals surface area contributed by atoms with E-state index in [1.807, 2.05) is 0 Å². The molecule has 2 rings (SSSR count). The summed E-state index contributed by atoms with van der Waals surface area (Å²) < 4.78 is 0.490. The molecule has 0 spiro atoms. The van der Waals surface area contributed by atoms with Crippen molar-refractivity contribution in [2.45, 2.75) is 0 Å². The Morgan fingerprint density at radius 2 is 1.29 bits per heavy atom.